The summed E-state index contributed by atoms with van der Waals surface area (Å²) in [7, 11) is 1.35. The highest BCUT2D eigenvalue weighted by Gasteiger charge is 2.22. The van der Waals surface area contributed by atoms with Gasteiger partial charge in [-0.05, 0) is 31.4 Å². The zero-order chi connectivity index (χ0) is 19.4. The Morgan fingerprint density at radius 2 is 2.07 bits per heavy atom. The first kappa shape index (κ1) is 19.8. The van der Waals surface area contributed by atoms with Crippen LogP contribution in [0, 0.1) is 0 Å². The van der Waals surface area contributed by atoms with E-state index in [4.69, 9.17) is 4.74 Å². The van der Waals surface area contributed by atoms with Crippen molar-refractivity contribution in [2.45, 2.75) is 26.3 Å². The number of thiophene rings is 2. The number of aromatic nitrogens is 1. The molecule has 0 saturated carbocycles. The Bertz CT molecular complexity index is 881. The SMILES string of the molecule is CCN(CC)c1nc2sc(C(=O)NC(CC(=O)OC)c3cccs3)cc2s1. The highest BCUT2D eigenvalue weighted by Crippen LogP contribution is 2.35. The minimum Gasteiger partial charge on any atom is -0.469 e. The maximum atomic E-state index is 12.7. The van der Waals surface area contributed by atoms with Crippen LogP contribution in [0.15, 0.2) is 23.6 Å². The minimum atomic E-state index is -0.399. The summed E-state index contributed by atoms with van der Waals surface area (Å²) in [6, 6.07) is 5.29. The quantitative estimate of drug-likeness (QED) is 0.547. The van der Waals surface area contributed by atoms with Gasteiger partial charge in [0.05, 0.1) is 29.1 Å². The summed E-state index contributed by atoms with van der Waals surface area (Å²) in [5, 5.41) is 5.86. The third kappa shape index (κ3) is 4.48. The monoisotopic (exact) mass is 423 g/mol. The molecule has 0 aliphatic heterocycles. The van der Waals surface area contributed by atoms with Crippen molar-refractivity contribution in [1.29, 1.82) is 0 Å². The summed E-state index contributed by atoms with van der Waals surface area (Å²) >= 11 is 4.48. The molecule has 3 aromatic heterocycles. The molecule has 0 saturated heterocycles. The van der Waals surface area contributed by atoms with Crippen LogP contribution in [0.3, 0.4) is 0 Å². The van der Waals surface area contributed by atoms with E-state index in [-0.39, 0.29) is 18.3 Å². The second-order valence-corrected chi connectivity index (χ2v) is 8.79. The van der Waals surface area contributed by atoms with E-state index in [1.54, 1.807) is 11.3 Å². The molecule has 1 amide bonds. The van der Waals surface area contributed by atoms with Gasteiger partial charge in [0.15, 0.2) is 5.13 Å². The van der Waals surface area contributed by atoms with Crippen LogP contribution in [0.4, 0.5) is 5.13 Å². The number of hydrogen-bond donors (Lipinski definition) is 1. The Morgan fingerprint density at radius 1 is 1.30 bits per heavy atom. The molecule has 6 nitrogen and oxygen atoms in total. The Hall–Kier alpha value is -1.97. The lowest BCUT2D eigenvalue weighted by atomic mass is 10.1. The molecule has 0 aromatic carbocycles. The molecule has 0 aliphatic carbocycles. The van der Waals surface area contributed by atoms with Gasteiger partial charge in [-0.1, -0.05) is 17.4 Å². The normalized spacial score (nSPS) is 12.1. The maximum Gasteiger partial charge on any atom is 0.307 e. The van der Waals surface area contributed by atoms with Crippen LogP contribution in [0.5, 0.6) is 0 Å². The Balaban J connectivity index is 1.77. The number of rotatable bonds is 8. The van der Waals surface area contributed by atoms with Crippen LogP contribution in [0.1, 0.15) is 40.9 Å². The second-order valence-electron chi connectivity index (χ2n) is 5.77. The minimum absolute atomic E-state index is 0.104. The van der Waals surface area contributed by atoms with Crippen molar-refractivity contribution in [1.82, 2.24) is 10.3 Å². The molecular formula is C18H21N3O3S3. The smallest absolute Gasteiger partial charge is 0.307 e. The van der Waals surface area contributed by atoms with E-state index >= 15 is 0 Å². The summed E-state index contributed by atoms with van der Waals surface area (Å²) in [5.74, 6) is -0.553. The van der Waals surface area contributed by atoms with Gasteiger partial charge >= 0.3 is 5.97 Å². The summed E-state index contributed by atoms with van der Waals surface area (Å²) in [4.78, 5) is 33.7. The summed E-state index contributed by atoms with van der Waals surface area (Å²) in [6.07, 6.45) is 0.104. The van der Waals surface area contributed by atoms with Gasteiger partial charge in [-0.25, -0.2) is 4.98 Å². The molecule has 0 aliphatic rings. The van der Waals surface area contributed by atoms with Gasteiger partial charge in [0, 0.05) is 18.0 Å². The number of carbonyl (C=O) groups excluding carboxylic acids is 2. The van der Waals surface area contributed by atoms with Crippen molar-refractivity contribution in [3.63, 3.8) is 0 Å². The number of anilines is 1. The zero-order valence-electron chi connectivity index (χ0n) is 15.4. The number of thiazole rings is 1. The van der Waals surface area contributed by atoms with Gasteiger partial charge in [0.1, 0.15) is 4.83 Å². The van der Waals surface area contributed by atoms with Crippen molar-refractivity contribution < 1.29 is 14.3 Å². The molecule has 0 radical (unpaired) electrons. The third-order valence-corrected chi connectivity index (χ3v) is 7.33. The van der Waals surface area contributed by atoms with Crippen LogP contribution in [-0.4, -0.2) is 37.1 Å². The van der Waals surface area contributed by atoms with Crippen LogP contribution >= 0.6 is 34.0 Å². The van der Waals surface area contributed by atoms with Gasteiger partial charge in [-0.3, -0.25) is 9.59 Å². The fourth-order valence-corrected chi connectivity index (χ4v) is 5.68. The number of ether oxygens (including phenoxy) is 1. The summed E-state index contributed by atoms with van der Waals surface area (Å²) in [6.45, 7) is 6.01. The zero-order valence-corrected chi connectivity index (χ0v) is 17.8. The van der Waals surface area contributed by atoms with E-state index in [2.05, 4.69) is 29.0 Å². The molecule has 1 atom stereocenters. The number of hydrogen-bond acceptors (Lipinski definition) is 8. The summed E-state index contributed by atoms with van der Waals surface area (Å²) in [5.41, 5.74) is 0. The lowest BCUT2D eigenvalue weighted by molar-refractivity contribution is -0.141. The Morgan fingerprint density at radius 3 is 2.67 bits per heavy atom. The number of fused-ring (bicyclic) bond motifs is 1. The van der Waals surface area contributed by atoms with E-state index in [0.717, 1.165) is 32.6 Å². The average molecular weight is 424 g/mol. The van der Waals surface area contributed by atoms with E-state index in [1.807, 2.05) is 23.6 Å². The van der Waals surface area contributed by atoms with Gasteiger partial charge in [0.2, 0.25) is 0 Å². The van der Waals surface area contributed by atoms with Crippen molar-refractivity contribution in [2.75, 3.05) is 25.1 Å². The molecule has 1 N–H and O–H groups in total. The Kier molecular flexibility index (Phi) is 6.46. The van der Waals surface area contributed by atoms with Gasteiger partial charge in [0.25, 0.3) is 5.91 Å². The molecule has 3 aromatic rings. The van der Waals surface area contributed by atoms with Crippen LogP contribution in [0.2, 0.25) is 0 Å². The fourth-order valence-electron chi connectivity index (χ4n) is 2.66. The molecule has 3 heterocycles. The van der Waals surface area contributed by atoms with Gasteiger partial charge in [-0.2, -0.15) is 0 Å². The van der Waals surface area contributed by atoms with Gasteiger partial charge in [-0.15, -0.1) is 22.7 Å². The van der Waals surface area contributed by atoms with E-state index in [1.165, 1.54) is 29.8 Å². The average Bonchev–Trinajstić information content (AvgIpc) is 3.38. The predicted molar refractivity (Wildman–Crippen MR) is 112 cm³/mol. The first-order chi connectivity index (χ1) is 13.0. The molecular weight excluding hydrogens is 402 g/mol. The number of esters is 1. The van der Waals surface area contributed by atoms with Crippen LogP contribution in [0.25, 0.3) is 9.53 Å². The highest BCUT2D eigenvalue weighted by atomic mass is 32.1. The molecule has 3 rings (SSSR count). The summed E-state index contributed by atoms with van der Waals surface area (Å²) < 4.78 is 5.77. The molecule has 9 heteroatoms. The third-order valence-electron chi connectivity index (χ3n) is 4.13. The van der Waals surface area contributed by atoms with Crippen molar-refractivity contribution in [2.24, 2.45) is 0 Å². The van der Waals surface area contributed by atoms with E-state index < -0.39 is 6.04 Å². The van der Waals surface area contributed by atoms with E-state index in [9.17, 15) is 9.59 Å². The van der Waals surface area contributed by atoms with Crippen molar-refractivity contribution in [3.05, 3.63) is 33.3 Å². The largest absolute Gasteiger partial charge is 0.469 e. The highest BCUT2D eigenvalue weighted by molar-refractivity contribution is 7.29. The first-order valence-corrected chi connectivity index (χ1v) is 11.1. The molecule has 0 fully saturated rings. The molecule has 144 valence electrons. The lowest BCUT2D eigenvalue weighted by Gasteiger charge is -2.16. The van der Waals surface area contributed by atoms with Crippen LogP contribution < -0.4 is 10.2 Å². The first-order valence-electron chi connectivity index (χ1n) is 8.62. The Labute approximate surface area is 169 Å². The second kappa shape index (κ2) is 8.81. The van der Waals surface area contributed by atoms with E-state index in [0.29, 0.717) is 4.88 Å². The van der Waals surface area contributed by atoms with Crippen LogP contribution in [-0.2, 0) is 9.53 Å². The standard InChI is InChI=1S/C18H21N3O3S3/c1-4-21(5-2)18-20-17-14(27-18)10-13(26-17)16(23)19-11(9-15(22)24-3)12-7-6-8-25-12/h6-8,10-11H,4-5,9H2,1-3H3,(H,19,23). The van der Waals surface area contributed by atoms with Crippen molar-refractivity contribution in [3.8, 4) is 0 Å². The van der Waals surface area contributed by atoms with Gasteiger partial charge < -0.3 is 15.0 Å². The van der Waals surface area contributed by atoms with Crippen molar-refractivity contribution >= 4 is 60.5 Å². The maximum absolute atomic E-state index is 12.7. The molecule has 1 unspecified atom stereocenters. The number of nitrogens with zero attached hydrogens (tertiary/aromatic N) is 2. The molecule has 0 bridgehead atoms. The number of methoxy groups -OCH3 is 1. The fraction of sp³-hybridized carbons (Fsp3) is 0.389. The predicted octanol–water partition coefficient (Wildman–Crippen LogP) is 4.30. The number of nitrogens with one attached hydrogen (secondary N) is 1. The molecule has 0 spiro atoms. The topological polar surface area (TPSA) is 71.5 Å². The number of amides is 1. The lowest BCUT2D eigenvalue weighted by Crippen LogP contribution is -2.29. The number of carbonyl (C=O) groups is 2. The molecule has 27 heavy (non-hydrogen) atoms.